The van der Waals surface area contributed by atoms with E-state index in [0.717, 1.165) is 27.8 Å². The number of ether oxygens (including phenoxy) is 1. The monoisotopic (exact) mass is 330 g/mol. The molecule has 2 nitrogen and oxygen atoms in total. The molecule has 1 aliphatic rings. The molecular weight excluding hydrogens is 316 g/mol. The molecule has 1 heterocycles. The van der Waals surface area contributed by atoms with Crippen molar-refractivity contribution in [1.82, 2.24) is 0 Å². The molecule has 0 aliphatic carbocycles. The number of hydrogen-bond acceptors (Lipinski definition) is 2. The molecule has 0 saturated carbocycles. The summed E-state index contributed by atoms with van der Waals surface area (Å²) in [5.41, 5.74) is 2.09. The third kappa shape index (κ3) is 2.78. The number of carbonyl (C=O) groups is 1. The Morgan fingerprint density at radius 3 is 2.70 bits per heavy atom. The predicted molar refractivity (Wildman–Crippen MR) is 82.1 cm³/mol. The largest absolute Gasteiger partial charge is 0.493 e. The summed E-state index contributed by atoms with van der Waals surface area (Å²) in [6.07, 6.45) is 1.25. The Morgan fingerprint density at radius 1 is 1.15 bits per heavy atom. The van der Waals surface area contributed by atoms with Crippen molar-refractivity contribution in [1.29, 1.82) is 0 Å². The molecule has 0 N–H and O–H groups in total. The lowest BCUT2D eigenvalue weighted by Gasteiger charge is -2.24. The zero-order valence-electron chi connectivity index (χ0n) is 11.0. The Bertz CT molecular complexity index is 619. The Hall–Kier alpha value is -1.61. The Labute approximate surface area is 126 Å². The summed E-state index contributed by atoms with van der Waals surface area (Å²) < 4.78 is 6.64. The predicted octanol–water partition coefficient (Wildman–Crippen LogP) is 4.13. The number of carbonyl (C=O) groups excluding carboxylic acids is 1. The average Bonchev–Trinajstić information content (AvgIpc) is 2.49. The number of para-hydroxylation sites is 1. The number of benzene rings is 2. The molecule has 2 aromatic rings. The zero-order valence-corrected chi connectivity index (χ0v) is 12.6. The zero-order chi connectivity index (χ0) is 13.9. The Kier molecular flexibility index (Phi) is 3.88. The van der Waals surface area contributed by atoms with Gasteiger partial charge in [0.15, 0.2) is 0 Å². The van der Waals surface area contributed by atoms with Crippen LogP contribution in [0, 0.1) is 0 Å². The molecule has 3 rings (SSSR count). The molecule has 0 aromatic heterocycles. The van der Waals surface area contributed by atoms with Gasteiger partial charge in [-0.05, 0) is 30.2 Å². The quantitative estimate of drug-likeness (QED) is 0.845. The second kappa shape index (κ2) is 5.80. The molecule has 0 bridgehead atoms. The van der Waals surface area contributed by atoms with Gasteiger partial charge >= 0.3 is 0 Å². The van der Waals surface area contributed by atoms with E-state index in [4.69, 9.17) is 4.74 Å². The first-order chi connectivity index (χ1) is 9.74. The fourth-order valence-corrected chi connectivity index (χ4v) is 2.87. The van der Waals surface area contributed by atoms with E-state index in [1.165, 1.54) is 0 Å². The third-order valence-electron chi connectivity index (χ3n) is 3.64. The molecule has 0 spiro atoms. The smallest absolute Gasteiger partial charge is 0.144 e. The van der Waals surface area contributed by atoms with E-state index in [1.807, 2.05) is 48.5 Å². The van der Waals surface area contributed by atoms with E-state index < -0.39 is 0 Å². The summed E-state index contributed by atoms with van der Waals surface area (Å²) in [6, 6.07) is 15.8. The first-order valence-electron chi connectivity index (χ1n) is 6.73. The second-order valence-electron chi connectivity index (χ2n) is 5.00. The summed E-state index contributed by atoms with van der Waals surface area (Å²) in [5.74, 6) is 1.08. The highest BCUT2D eigenvalue weighted by Crippen LogP contribution is 2.34. The highest BCUT2D eigenvalue weighted by Gasteiger charge is 2.26. The van der Waals surface area contributed by atoms with E-state index in [0.29, 0.717) is 13.0 Å². The van der Waals surface area contributed by atoms with Crippen LogP contribution in [0.25, 0.3) is 0 Å². The van der Waals surface area contributed by atoms with Gasteiger partial charge in [0.1, 0.15) is 11.5 Å². The van der Waals surface area contributed by atoms with Gasteiger partial charge in [-0.2, -0.15) is 0 Å². The molecule has 2 aromatic carbocycles. The van der Waals surface area contributed by atoms with Crippen molar-refractivity contribution in [3.8, 4) is 5.75 Å². The van der Waals surface area contributed by atoms with Gasteiger partial charge in [0.2, 0.25) is 0 Å². The Balaban J connectivity index is 1.80. The van der Waals surface area contributed by atoms with Gasteiger partial charge in [-0.25, -0.2) is 0 Å². The lowest BCUT2D eigenvalue weighted by molar-refractivity contribution is -0.120. The van der Waals surface area contributed by atoms with Gasteiger partial charge < -0.3 is 4.74 Å². The second-order valence-corrected chi connectivity index (χ2v) is 5.91. The van der Waals surface area contributed by atoms with Crippen molar-refractivity contribution in [2.24, 2.45) is 0 Å². The van der Waals surface area contributed by atoms with E-state index in [-0.39, 0.29) is 11.7 Å². The van der Waals surface area contributed by atoms with Gasteiger partial charge in [0.05, 0.1) is 6.61 Å². The first-order valence-corrected chi connectivity index (χ1v) is 7.52. The molecule has 1 atom stereocenters. The number of halogens is 1. The fraction of sp³-hybridized carbons (Fsp3) is 0.235. The minimum absolute atomic E-state index is 0.0383. The fourth-order valence-electron chi connectivity index (χ4n) is 2.60. The van der Waals surface area contributed by atoms with Crippen LogP contribution >= 0.6 is 15.9 Å². The van der Waals surface area contributed by atoms with Crippen LogP contribution in [0.3, 0.4) is 0 Å². The Morgan fingerprint density at radius 2 is 1.90 bits per heavy atom. The number of Topliss-reactive ketones (excluding diaryl/α,β-unsaturated/α-hetero) is 1. The lowest BCUT2D eigenvalue weighted by Crippen LogP contribution is -2.22. The third-order valence-corrected chi connectivity index (χ3v) is 4.17. The molecule has 0 radical (unpaired) electrons. The maximum Gasteiger partial charge on any atom is 0.144 e. The molecule has 3 heteroatoms. The van der Waals surface area contributed by atoms with Crippen molar-refractivity contribution in [3.63, 3.8) is 0 Å². The van der Waals surface area contributed by atoms with E-state index >= 15 is 0 Å². The summed E-state index contributed by atoms with van der Waals surface area (Å²) in [6.45, 7) is 0.619. The standard InChI is InChI=1S/C17H15BrO2/c18-13-7-5-12(6-8-13)11-16(19)14-9-10-20-17-4-2-1-3-15(14)17/h1-8,14H,9-11H2. The van der Waals surface area contributed by atoms with Crippen molar-refractivity contribution in [2.45, 2.75) is 18.8 Å². The maximum absolute atomic E-state index is 12.5. The number of rotatable bonds is 3. The van der Waals surface area contributed by atoms with Crippen LogP contribution in [-0.4, -0.2) is 12.4 Å². The topological polar surface area (TPSA) is 26.3 Å². The van der Waals surface area contributed by atoms with Gasteiger partial charge in [-0.15, -0.1) is 0 Å². The molecule has 1 aliphatic heterocycles. The maximum atomic E-state index is 12.5. The van der Waals surface area contributed by atoms with Crippen LogP contribution in [0.15, 0.2) is 53.0 Å². The summed E-state index contributed by atoms with van der Waals surface area (Å²) >= 11 is 3.41. The van der Waals surface area contributed by atoms with Crippen LogP contribution in [-0.2, 0) is 11.2 Å². The van der Waals surface area contributed by atoms with E-state index in [1.54, 1.807) is 0 Å². The minimum Gasteiger partial charge on any atom is -0.493 e. The molecular formula is C17H15BrO2. The van der Waals surface area contributed by atoms with Gasteiger partial charge in [-0.3, -0.25) is 4.79 Å². The molecule has 0 fully saturated rings. The highest BCUT2D eigenvalue weighted by molar-refractivity contribution is 9.10. The summed E-state index contributed by atoms with van der Waals surface area (Å²) in [7, 11) is 0. The highest BCUT2D eigenvalue weighted by atomic mass is 79.9. The molecule has 0 amide bonds. The van der Waals surface area contributed by atoms with Gasteiger partial charge in [-0.1, -0.05) is 46.3 Å². The van der Waals surface area contributed by atoms with Gasteiger partial charge in [0.25, 0.3) is 0 Å². The van der Waals surface area contributed by atoms with Crippen LogP contribution in [0.5, 0.6) is 5.75 Å². The number of ketones is 1. The molecule has 1 unspecified atom stereocenters. The van der Waals surface area contributed by atoms with Crippen LogP contribution < -0.4 is 4.74 Å². The average molecular weight is 331 g/mol. The van der Waals surface area contributed by atoms with Crippen LogP contribution in [0.1, 0.15) is 23.5 Å². The van der Waals surface area contributed by atoms with Crippen LogP contribution in [0.4, 0.5) is 0 Å². The van der Waals surface area contributed by atoms with E-state index in [9.17, 15) is 4.79 Å². The van der Waals surface area contributed by atoms with Crippen molar-refractivity contribution in [3.05, 3.63) is 64.1 Å². The number of fused-ring (bicyclic) bond motifs is 1. The summed E-state index contributed by atoms with van der Waals surface area (Å²) in [5, 5.41) is 0. The molecule has 0 saturated heterocycles. The van der Waals surface area contributed by atoms with Crippen molar-refractivity contribution < 1.29 is 9.53 Å². The first kappa shape index (κ1) is 13.4. The molecule has 20 heavy (non-hydrogen) atoms. The van der Waals surface area contributed by atoms with Crippen molar-refractivity contribution >= 4 is 21.7 Å². The minimum atomic E-state index is -0.0383. The van der Waals surface area contributed by atoms with E-state index in [2.05, 4.69) is 15.9 Å². The SMILES string of the molecule is O=C(Cc1ccc(Br)cc1)C1CCOc2ccccc21. The van der Waals surface area contributed by atoms with Gasteiger partial charge in [0, 0.05) is 22.4 Å². The van der Waals surface area contributed by atoms with Crippen LogP contribution in [0.2, 0.25) is 0 Å². The lowest BCUT2D eigenvalue weighted by atomic mass is 9.87. The molecule has 102 valence electrons. The number of hydrogen-bond donors (Lipinski definition) is 0. The van der Waals surface area contributed by atoms with Crippen molar-refractivity contribution in [2.75, 3.05) is 6.61 Å². The normalized spacial score (nSPS) is 17.1. The summed E-state index contributed by atoms with van der Waals surface area (Å²) in [4.78, 5) is 12.5.